The van der Waals surface area contributed by atoms with Crippen LogP contribution >= 0.6 is 0 Å². The van der Waals surface area contributed by atoms with Gasteiger partial charge in [0.15, 0.2) is 11.1 Å². The fourth-order valence-corrected chi connectivity index (χ4v) is 9.15. The van der Waals surface area contributed by atoms with Crippen LogP contribution in [0.3, 0.4) is 0 Å². The first kappa shape index (κ1) is 36.4. The van der Waals surface area contributed by atoms with Crippen LogP contribution in [-0.4, -0.2) is 51.0 Å². The third kappa shape index (κ3) is 5.50. The molecule has 5 heterocycles. The van der Waals surface area contributed by atoms with E-state index in [2.05, 4.69) is 9.97 Å². The molecule has 3 aliphatic rings. The summed E-state index contributed by atoms with van der Waals surface area (Å²) in [6.07, 6.45) is 1.53. The highest BCUT2D eigenvalue weighted by atomic mass is 16.6. The second-order valence-electron chi connectivity index (χ2n) is 14.9. The van der Waals surface area contributed by atoms with Crippen molar-refractivity contribution in [1.29, 1.82) is 0 Å². The number of carbonyl (C=O) groups is 2. The van der Waals surface area contributed by atoms with Crippen LogP contribution in [0.4, 0.5) is 0 Å². The summed E-state index contributed by atoms with van der Waals surface area (Å²) in [6, 6.07) is 45.9. The molecule has 7 aromatic rings. The van der Waals surface area contributed by atoms with Gasteiger partial charge in [0.1, 0.15) is 0 Å². The number of esters is 2. The normalized spacial score (nSPS) is 16.0. The number of nitrogens with zero attached hydrogens (tertiary/aromatic N) is 3. The van der Waals surface area contributed by atoms with E-state index in [0.717, 1.165) is 16.7 Å². The van der Waals surface area contributed by atoms with Crippen LogP contribution in [0.5, 0.6) is 0 Å². The van der Waals surface area contributed by atoms with E-state index in [9.17, 15) is 19.7 Å². The minimum atomic E-state index is -1.73. The molecule has 10 rings (SSSR count). The van der Waals surface area contributed by atoms with Crippen molar-refractivity contribution in [2.75, 3.05) is 14.2 Å². The van der Waals surface area contributed by atoms with Gasteiger partial charge in [0.2, 0.25) is 0 Å². The van der Waals surface area contributed by atoms with Crippen LogP contribution < -0.4 is 0 Å². The molecule has 0 unspecified atom stereocenters. The molecular weight excluding hydrogens is 755 g/mol. The third-order valence-electron chi connectivity index (χ3n) is 11.7. The SMILES string of the molecule is COC(=O)C1(C(=O)OC)[C@@H]2c3nc(c(-c4ccccc4)c4ccc([nH]4)c(-c4ccccc4)c4nc(c(-c5ccccc5)c5ccc([nH]5)c3-c3ccccc3)C=C4[N+](=O)[O-])[C@@H]21. The molecule has 2 aliphatic heterocycles. The average Bonchev–Trinajstić information content (AvgIpc) is 3.87. The van der Waals surface area contributed by atoms with Gasteiger partial charge in [-0.2, -0.15) is 0 Å². The summed E-state index contributed by atoms with van der Waals surface area (Å²) in [7, 11) is 2.55. The first-order valence-corrected chi connectivity index (χ1v) is 19.4. The van der Waals surface area contributed by atoms with Crippen molar-refractivity contribution in [3.05, 3.63) is 178 Å². The molecular formula is C49H35N5O6. The lowest BCUT2D eigenvalue weighted by molar-refractivity contribution is -0.374. The van der Waals surface area contributed by atoms with E-state index in [-0.39, 0.29) is 11.4 Å². The van der Waals surface area contributed by atoms with Gasteiger partial charge in [-0.05, 0) is 46.5 Å². The molecule has 0 spiro atoms. The number of nitrogens with one attached hydrogen (secondary N) is 2. The molecule has 0 amide bonds. The van der Waals surface area contributed by atoms with E-state index in [1.807, 2.05) is 146 Å². The summed E-state index contributed by atoms with van der Waals surface area (Å²) in [5.41, 5.74) is 7.67. The lowest BCUT2D eigenvalue weighted by Gasteiger charge is -2.17. The van der Waals surface area contributed by atoms with Gasteiger partial charge in [-0.1, -0.05) is 121 Å². The Morgan fingerprint density at radius 2 is 0.917 bits per heavy atom. The monoisotopic (exact) mass is 789 g/mol. The van der Waals surface area contributed by atoms with Gasteiger partial charge in [0, 0.05) is 62.2 Å². The number of carbonyl (C=O) groups excluding carboxylic acids is 2. The van der Waals surface area contributed by atoms with Gasteiger partial charge in [-0.3, -0.25) is 24.7 Å². The van der Waals surface area contributed by atoms with Crippen molar-refractivity contribution in [2.45, 2.75) is 11.8 Å². The van der Waals surface area contributed by atoms with Crippen molar-refractivity contribution in [3.8, 4) is 44.5 Å². The van der Waals surface area contributed by atoms with Gasteiger partial charge < -0.3 is 19.4 Å². The predicted octanol–water partition coefficient (Wildman–Crippen LogP) is 9.97. The summed E-state index contributed by atoms with van der Waals surface area (Å²) in [4.78, 5) is 58.9. The zero-order valence-corrected chi connectivity index (χ0v) is 32.4. The Morgan fingerprint density at radius 1 is 0.550 bits per heavy atom. The molecule has 2 atom stereocenters. The number of rotatable bonds is 7. The number of H-pyrrole nitrogens is 2. The lowest BCUT2D eigenvalue weighted by atomic mass is 9.93. The molecule has 0 saturated heterocycles. The van der Waals surface area contributed by atoms with E-state index in [1.165, 1.54) is 20.3 Å². The highest BCUT2D eigenvalue weighted by molar-refractivity contribution is 6.09. The Bertz CT molecular complexity index is 3070. The van der Waals surface area contributed by atoms with Crippen LogP contribution in [0.2, 0.25) is 0 Å². The summed E-state index contributed by atoms with van der Waals surface area (Å²) < 4.78 is 10.9. The van der Waals surface area contributed by atoms with Crippen molar-refractivity contribution in [2.24, 2.45) is 5.41 Å². The van der Waals surface area contributed by atoms with Crippen LogP contribution in [-0.2, 0) is 19.1 Å². The molecule has 0 radical (unpaired) electrons. The Kier molecular flexibility index (Phi) is 8.60. The number of aromatic nitrogens is 4. The van der Waals surface area contributed by atoms with Crippen molar-refractivity contribution in [3.63, 3.8) is 0 Å². The minimum Gasteiger partial charge on any atom is -0.468 e. The molecule has 60 heavy (non-hydrogen) atoms. The minimum absolute atomic E-state index is 0.158. The van der Waals surface area contributed by atoms with Gasteiger partial charge in [-0.15, -0.1) is 0 Å². The van der Waals surface area contributed by atoms with Crippen LogP contribution in [0, 0.1) is 15.5 Å². The predicted molar refractivity (Wildman–Crippen MR) is 230 cm³/mol. The third-order valence-corrected chi connectivity index (χ3v) is 11.7. The number of fused-ring (bicyclic) bond motifs is 11. The number of hydrogen-bond donors (Lipinski definition) is 2. The molecule has 1 aliphatic carbocycles. The van der Waals surface area contributed by atoms with Gasteiger partial charge in [-0.25, -0.2) is 4.98 Å². The first-order chi connectivity index (χ1) is 29.3. The highest BCUT2D eigenvalue weighted by Crippen LogP contribution is 2.75. The largest absolute Gasteiger partial charge is 0.468 e. The number of nitro groups is 1. The second kappa shape index (κ2) is 14.2. The van der Waals surface area contributed by atoms with Crippen molar-refractivity contribution >= 4 is 45.8 Å². The maximum Gasteiger partial charge on any atom is 0.324 e. The summed E-state index contributed by atoms with van der Waals surface area (Å²) in [5.74, 6) is -2.94. The Hall–Kier alpha value is -7.92. The molecule has 8 bridgehead atoms. The first-order valence-electron chi connectivity index (χ1n) is 19.4. The second-order valence-corrected chi connectivity index (χ2v) is 14.9. The number of benzene rings is 4. The Balaban J connectivity index is 1.47. The molecule has 292 valence electrons. The van der Waals surface area contributed by atoms with E-state index < -0.39 is 34.1 Å². The fraction of sp³-hybridized carbons (Fsp3) is 0.102. The number of methoxy groups -OCH3 is 2. The highest BCUT2D eigenvalue weighted by Gasteiger charge is 2.81. The maximum absolute atomic E-state index is 14.2. The number of aromatic amines is 2. The number of hydrogen-bond acceptors (Lipinski definition) is 8. The number of ether oxygens (including phenoxy) is 2. The Morgan fingerprint density at radius 3 is 1.32 bits per heavy atom. The standard InChI is InChI=1S/C49H35N5O6/c1-59-47(55)49(48(56)60-2)42-43(49)46-41(31-21-13-6-14-22-31)35-26-25-33(51-35)39(29-17-9-4-10-18-29)44-37(54(57)58)27-36(52-44)38(28-15-7-3-8-16-28)32-23-24-34(50-32)40(45(42)53-46)30-19-11-5-12-20-30/h3-27,42-43,50-51H,1-2H3/t42-,43+/m0/s1. The van der Waals surface area contributed by atoms with E-state index in [0.29, 0.717) is 67.0 Å². The average molecular weight is 790 g/mol. The van der Waals surface area contributed by atoms with Crippen LogP contribution in [0.1, 0.15) is 34.6 Å². The zero-order valence-electron chi connectivity index (χ0n) is 32.4. The smallest absolute Gasteiger partial charge is 0.324 e. The molecule has 1 fully saturated rings. The molecule has 1 saturated carbocycles. The molecule has 11 heteroatoms. The van der Waals surface area contributed by atoms with Gasteiger partial charge in [0.25, 0.3) is 5.70 Å². The summed E-state index contributed by atoms with van der Waals surface area (Å²) in [5, 5.41) is 13.1. The van der Waals surface area contributed by atoms with Crippen molar-refractivity contribution < 1.29 is 24.0 Å². The Labute approximate surface area is 343 Å². The maximum atomic E-state index is 14.2. The van der Waals surface area contributed by atoms with E-state index in [1.54, 1.807) is 0 Å². The van der Waals surface area contributed by atoms with Crippen LogP contribution in [0.15, 0.2) is 146 Å². The molecule has 4 aromatic carbocycles. The topological polar surface area (TPSA) is 153 Å². The zero-order chi connectivity index (χ0) is 41.1. The van der Waals surface area contributed by atoms with E-state index >= 15 is 0 Å². The molecule has 11 nitrogen and oxygen atoms in total. The molecule has 3 aromatic heterocycles. The van der Waals surface area contributed by atoms with Crippen LogP contribution in [0.25, 0.3) is 78.3 Å². The summed E-state index contributed by atoms with van der Waals surface area (Å²) in [6.45, 7) is 0. The van der Waals surface area contributed by atoms with Crippen molar-refractivity contribution in [1.82, 2.24) is 19.9 Å². The lowest BCUT2D eigenvalue weighted by Crippen LogP contribution is -2.32. The molecule has 2 N–H and O–H groups in total. The van der Waals surface area contributed by atoms with Gasteiger partial charge >= 0.3 is 11.9 Å². The quantitative estimate of drug-likeness (QED) is 0.0701. The van der Waals surface area contributed by atoms with E-state index in [4.69, 9.17) is 19.4 Å². The fourth-order valence-electron chi connectivity index (χ4n) is 9.15. The summed E-state index contributed by atoms with van der Waals surface area (Å²) >= 11 is 0. The van der Waals surface area contributed by atoms with Gasteiger partial charge in [0.05, 0.1) is 36.2 Å².